The predicted molar refractivity (Wildman–Crippen MR) is 101 cm³/mol. The van der Waals surface area contributed by atoms with E-state index >= 15 is 0 Å². The Bertz CT molecular complexity index is 855. The fraction of sp³-hybridized carbons (Fsp3) is 0.222. The number of amides is 1. The van der Waals surface area contributed by atoms with Gasteiger partial charge >= 0.3 is 5.97 Å². The van der Waals surface area contributed by atoms with Crippen molar-refractivity contribution in [2.24, 2.45) is 0 Å². The zero-order valence-electron chi connectivity index (χ0n) is 14.8. The fourth-order valence-electron chi connectivity index (χ4n) is 2.14. The molecule has 0 saturated heterocycles. The van der Waals surface area contributed by atoms with Crippen LogP contribution in [0.5, 0.6) is 5.75 Å². The van der Waals surface area contributed by atoms with E-state index in [0.717, 1.165) is 10.5 Å². The van der Waals surface area contributed by atoms with Gasteiger partial charge in [0.2, 0.25) is 0 Å². The van der Waals surface area contributed by atoms with E-state index in [4.69, 9.17) is 9.47 Å². The number of benzene rings is 2. The second-order valence-corrected chi connectivity index (χ2v) is 6.42. The molecule has 142 valence electrons. The lowest BCUT2D eigenvalue weighted by Gasteiger charge is -2.10. The van der Waals surface area contributed by atoms with Gasteiger partial charge < -0.3 is 14.8 Å². The van der Waals surface area contributed by atoms with Crippen molar-refractivity contribution in [1.29, 1.82) is 0 Å². The highest BCUT2D eigenvalue weighted by molar-refractivity contribution is 8.00. The van der Waals surface area contributed by atoms with E-state index in [9.17, 15) is 19.7 Å². The maximum Gasteiger partial charge on any atom is 0.316 e. The van der Waals surface area contributed by atoms with Gasteiger partial charge in [0.25, 0.3) is 11.6 Å². The van der Waals surface area contributed by atoms with E-state index in [1.807, 2.05) is 31.2 Å². The van der Waals surface area contributed by atoms with E-state index in [0.29, 0.717) is 0 Å². The zero-order chi connectivity index (χ0) is 19.8. The Balaban J connectivity index is 1.87. The number of hydrogen-bond donors (Lipinski definition) is 1. The van der Waals surface area contributed by atoms with Crippen molar-refractivity contribution < 1.29 is 24.0 Å². The third-order valence-corrected chi connectivity index (χ3v) is 4.62. The molecular weight excluding hydrogens is 372 g/mol. The summed E-state index contributed by atoms with van der Waals surface area (Å²) in [7, 11) is 1.37. The summed E-state index contributed by atoms with van der Waals surface area (Å²) in [5.74, 6) is -0.832. The molecule has 0 aliphatic carbocycles. The first-order valence-electron chi connectivity index (χ1n) is 7.87. The fourth-order valence-corrected chi connectivity index (χ4v) is 2.96. The number of anilines is 1. The number of methoxy groups -OCH3 is 1. The molecule has 0 aliphatic heterocycles. The number of nitrogens with zero attached hydrogens (tertiary/aromatic N) is 1. The molecule has 2 aromatic carbocycles. The molecule has 0 spiro atoms. The van der Waals surface area contributed by atoms with Gasteiger partial charge in [0.1, 0.15) is 5.75 Å². The van der Waals surface area contributed by atoms with E-state index in [1.165, 1.54) is 37.1 Å². The quantitative estimate of drug-likeness (QED) is 0.319. The van der Waals surface area contributed by atoms with Gasteiger partial charge in [0, 0.05) is 17.0 Å². The number of nitro benzene ring substituents is 1. The lowest BCUT2D eigenvalue weighted by Crippen LogP contribution is -2.22. The summed E-state index contributed by atoms with van der Waals surface area (Å²) in [6.45, 7) is 1.44. The highest BCUT2D eigenvalue weighted by Crippen LogP contribution is 2.28. The Morgan fingerprint density at radius 3 is 2.63 bits per heavy atom. The number of thioether (sulfide) groups is 1. The van der Waals surface area contributed by atoms with Crippen LogP contribution >= 0.6 is 11.8 Å². The summed E-state index contributed by atoms with van der Waals surface area (Å²) in [5.41, 5.74) is 0.977. The second kappa shape index (κ2) is 9.58. The minimum Gasteiger partial charge on any atom is -0.495 e. The van der Waals surface area contributed by atoms with Crippen LogP contribution in [-0.2, 0) is 14.3 Å². The Hall–Kier alpha value is -3.07. The van der Waals surface area contributed by atoms with Gasteiger partial charge in [0.05, 0.1) is 23.5 Å². The van der Waals surface area contributed by atoms with Gasteiger partial charge in [-0.3, -0.25) is 19.7 Å². The summed E-state index contributed by atoms with van der Waals surface area (Å²) in [5, 5.41) is 13.3. The summed E-state index contributed by atoms with van der Waals surface area (Å²) >= 11 is 1.32. The highest BCUT2D eigenvalue weighted by atomic mass is 32.2. The van der Waals surface area contributed by atoms with Gasteiger partial charge in [-0.15, -0.1) is 11.8 Å². The number of hydrogen-bond acceptors (Lipinski definition) is 7. The summed E-state index contributed by atoms with van der Waals surface area (Å²) in [4.78, 5) is 35.0. The van der Waals surface area contributed by atoms with Crippen LogP contribution in [0.3, 0.4) is 0 Å². The number of aryl methyl sites for hydroxylation is 1. The minimum atomic E-state index is -0.622. The number of ether oxygens (including phenoxy) is 2. The van der Waals surface area contributed by atoms with Gasteiger partial charge in [-0.1, -0.05) is 18.2 Å². The molecule has 0 radical (unpaired) electrons. The van der Waals surface area contributed by atoms with Crippen molar-refractivity contribution in [3.63, 3.8) is 0 Å². The average molecular weight is 390 g/mol. The van der Waals surface area contributed by atoms with Crippen molar-refractivity contribution in [3.8, 4) is 5.75 Å². The molecule has 2 rings (SSSR count). The first-order chi connectivity index (χ1) is 12.9. The largest absolute Gasteiger partial charge is 0.495 e. The molecule has 0 heterocycles. The van der Waals surface area contributed by atoms with Crippen molar-refractivity contribution >= 4 is 35.0 Å². The maximum atomic E-state index is 12.0. The standard InChI is InChI=1S/C18H18N2O6S/c1-12-5-3-4-6-16(12)27-11-18(22)26-10-17(21)19-14-9-13(20(23)24)7-8-15(14)25-2/h3-9H,10-11H2,1-2H3,(H,19,21). The number of nitro groups is 1. The Labute approximate surface area is 160 Å². The number of esters is 1. The second-order valence-electron chi connectivity index (χ2n) is 5.40. The van der Waals surface area contributed by atoms with Crippen LogP contribution in [0, 0.1) is 17.0 Å². The van der Waals surface area contributed by atoms with Gasteiger partial charge in [-0.05, 0) is 24.6 Å². The topological polar surface area (TPSA) is 108 Å². The Kier molecular flexibility index (Phi) is 7.18. The smallest absolute Gasteiger partial charge is 0.316 e. The molecule has 0 saturated carbocycles. The minimum absolute atomic E-state index is 0.0677. The van der Waals surface area contributed by atoms with Crippen molar-refractivity contribution in [2.45, 2.75) is 11.8 Å². The lowest BCUT2D eigenvalue weighted by atomic mass is 10.2. The highest BCUT2D eigenvalue weighted by Gasteiger charge is 2.15. The SMILES string of the molecule is COc1ccc([N+](=O)[O-])cc1NC(=O)COC(=O)CSc1ccccc1C. The molecule has 0 unspecified atom stereocenters. The van der Waals surface area contributed by atoms with Gasteiger partial charge in [-0.25, -0.2) is 0 Å². The molecule has 1 N–H and O–H groups in total. The maximum absolute atomic E-state index is 12.0. The molecule has 0 fully saturated rings. The molecule has 0 atom stereocenters. The first kappa shape index (κ1) is 20.2. The van der Waals surface area contributed by atoms with Crippen molar-refractivity contribution in [3.05, 3.63) is 58.1 Å². The first-order valence-corrected chi connectivity index (χ1v) is 8.85. The normalized spacial score (nSPS) is 10.1. The van der Waals surface area contributed by atoms with Crippen LogP contribution in [0.2, 0.25) is 0 Å². The average Bonchev–Trinajstić information content (AvgIpc) is 2.65. The molecule has 2 aromatic rings. The van der Waals surface area contributed by atoms with Gasteiger partial charge in [0.15, 0.2) is 6.61 Å². The third kappa shape index (κ3) is 6.00. The Morgan fingerprint density at radius 2 is 1.96 bits per heavy atom. The van der Waals surface area contributed by atoms with Crippen LogP contribution in [0.25, 0.3) is 0 Å². The predicted octanol–water partition coefficient (Wildman–Crippen LogP) is 3.19. The summed E-state index contributed by atoms with van der Waals surface area (Å²) in [6.07, 6.45) is 0. The van der Waals surface area contributed by atoms with Crippen LogP contribution in [0.1, 0.15) is 5.56 Å². The molecule has 9 heteroatoms. The third-order valence-electron chi connectivity index (χ3n) is 3.47. The van der Waals surface area contributed by atoms with E-state index in [2.05, 4.69) is 5.32 Å². The molecule has 27 heavy (non-hydrogen) atoms. The van der Waals surface area contributed by atoms with Crippen LogP contribution in [-0.4, -0.2) is 36.3 Å². The van der Waals surface area contributed by atoms with E-state index < -0.39 is 23.4 Å². The number of non-ortho nitro benzene ring substituents is 1. The number of carbonyl (C=O) groups is 2. The number of rotatable bonds is 8. The zero-order valence-corrected chi connectivity index (χ0v) is 15.6. The molecule has 1 amide bonds. The monoisotopic (exact) mass is 390 g/mol. The van der Waals surface area contributed by atoms with Crippen LogP contribution in [0.15, 0.2) is 47.4 Å². The lowest BCUT2D eigenvalue weighted by molar-refractivity contribution is -0.384. The molecule has 8 nitrogen and oxygen atoms in total. The molecule has 0 bridgehead atoms. The summed E-state index contributed by atoms with van der Waals surface area (Å²) < 4.78 is 10.00. The number of carbonyl (C=O) groups excluding carboxylic acids is 2. The van der Waals surface area contributed by atoms with Crippen LogP contribution in [0.4, 0.5) is 11.4 Å². The molecule has 0 aliphatic rings. The van der Waals surface area contributed by atoms with E-state index in [-0.39, 0.29) is 22.9 Å². The molecular formula is C18H18N2O6S. The Morgan fingerprint density at radius 1 is 1.22 bits per heavy atom. The molecule has 0 aromatic heterocycles. The van der Waals surface area contributed by atoms with Gasteiger partial charge in [-0.2, -0.15) is 0 Å². The van der Waals surface area contributed by atoms with Crippen molar-refractivity contribution in [1.82, 2.24) is 0 Å². The summed E-state index contributed by atoms with van der Waals surface area (Å²) in [6, 6.07) is 11.4. The van der Waals surface area contributed by atoms with Crippen molar-refractivity contribution in [2.75, 3.05) is 24.8 Å². The van der Waals surface area contributed by atoms with Crippen LogP contribution < -0.4 is 10.1 Å². The number of nitrogens with one attached hydrogen (secondary N) is 1. The van der Waals surface area contributed by atoms with E-state index in [1.54, 1.807) is 0 Å².